The van der Waals surface area contributed by atoms with Crippen LogP contribution in [0.2, 0.25) is 0 Å². The highest BCUT2D eigenvalue weighted by Crippen LogP contribution is 2.27. The van der Waals surface area contributed by atoms with Crippen LogP contribution < -0.4 is 5.73 Å². The Morgan fingerprint density at radius 1 is 1.12 bits per heavy atom. The van der Waals surface area contributed by atoms with Gasteiger partial charge in [-0.25, -0.2) is 0 Å². The van der Waals surface area contributed by atoms with Gasteiger partial charge in [-0.15, -0.1) is 0 Å². The van der Waals surface area contributed by atoms with Gasteiger partial charge in [0.1, 0.15) is 0 Å². The number of hydrogen-bond donors (Lipinski definition) is 1. The molecule has 0 radical (unpaired) electrons. The van der Waals surface area contributed by atoms with Crippen LogP contribution in [-0.4, -0.2) is 4.98 Å². The maximum atomic E-state index is 6.31. The number of nitrogens with two attached hydrogens (primary N) is 1. The number of fused-ring (bicyclic) bond motifs is 1. The van der Waals surface area contributed by atoms with E-state index in [0.29, 0.717) is 0 Å². The van der Waals surface area contributed by atoms with E-state index in [1.165, 1.54) is 0 Å². The second-order valence-electron chi connectivity index (χ2n) is 3.95. The minimum atomic E-state index is -0.0749. The molecule has 2 aromatic heterocycles. The maximum Gasteiger partial charge on any atom is 0.0705 e. The third kappa shape index (κ3) is 1.84. The molecule has 0 saturated heterocycles. The Hall–Kier alpha value is -1.71. The van der Waals surface area contributed by atoms with Gasteiger partial charge in [-0.3, -0.25) is 4.98 Å². The Kier molecular flexibility index (Phi) is 2.63. The van der Waals surface area contributed by atoms with Crippen LogP contribution in [0.15, 0.2) is 53.4 Å². The number of hydrogen-bond acceptors (Lipinski definition) is 3. The van der Waals surface area contributed by atoms with Crippen molar-refractivity contribution in [2.24, 2.45) is 5.73 Å². The molecule has 0 aliphatic heterocycles. The van der Waals surface area contributed by atoms with Gasteiger partial charge in [-0.05, 0) is 40.1 Å². The molecule has 0 aliphatic rings. The van der Waals surface area contributed by atoms with E-state index < -0.39 is 0 Å². The fourth-order valence-corrected chi connectivity index (χ4v) is 2.72. The zero-order chi connectivity index (χ0) is 11.7. The molecule has 3 rings (SSSR count). The van der Waals surface area contributed by atoms with E-state index in [9.17, 15) is 0 Å². The van der Waals surface area contributed by atoms with Crippen molar-refractivity contribution in [2.45, 2.75) is 6.04 Å². The molecule has 2 heterocycles. The zero-order valence-corrected chi connectivity index (χ0v) is 10.0. The lowest BCUT2D eigenvalue weighted by atomic mass is 9.99. The second-order valence-corrected chi connectivity index (χ2v) is 4.73. The lowest BCUT2D eigenvalue weighted by Gasteiger charge is -2.12. The molecule has 2 nitrogen and oxygen atoms in total. The molecule has 0 saturated carbocycles. The zero-order valence-electron chi connectivity index (χ0n) is 9.21. The molecule has 17 heavy (non-hydrogen) atoms. The minimum absolute atomic E-state index is 0.0749. The summed E-state index contributed by atoms with van der Waals surface area (Å²) in [6.45, 7) is 0. The van der Waals surface area contributed by atoms with Crippen LogP contribution in [0.1, 0.15) is 17.2 Å². The molecular weight excluding hydrogens is 228 g/mol. The normalized spacial score (nSPS) is 12.8. The fourth-order valence-electron chi connectivity index (χ4n) is 2.02. The fraction of sp³-hybridized carbons (Fsp3) is 0.0714. The summed E-state index contributed by atoms with van der Waals surface area (Å²) < 4.78 is 0. The summed E-state index contributed by atoms with van der Waals surface area (Å²) in [7, 11) is 0. The van der Waals surface area contributed by atoms with Crippen LogP contribution in [0, 0.1) is 0 Å². The first-order valence-electron chi connectivity index (χ1n) is 5.47. The largest absolute Gasteiger partial charge is 0.320 e. The first-order chi connectivity index (χ1) is 8.36. The predicted octanol–water partition coefficient (Wildman–Crippen LogP) is 3.34. The van der Waals surface area contributed by atoms with Gasteiger partial charge < -0.3 is 5.73 Å². The van der Waals surface area contributed by atoms with E-state index >= 15 is 0 Å². The van der Waals surface area contributed by atoms with Crippen LogP contribution in [0.3, 0.4) is 0 Å². The van der Waals surface area contributed by atoms with E-state index in [0.717, 1.165) is 22.0 Å². The average molecular weight is 240 g/mol. The Bertz CT molecular complexity index is 626. The van der Waals surface area contributed by atoms with E-state index in [-0.39, 0.29) is 6.04 Å². The second kappa shape index (κ2) is 4.28. The summed E-state index contributed by atoms with van der Waals surface area (Å²) in [6, 6.07) is 12.1. The van der Waals surface area contributed by atoms with Crippen LogP contribution in [0.4, 0.5) is 0 Å². The predicted molar refractivity (Wildman–Crippen MR) is 72.1 cm³/mol. The van der Waals surface area contributed by atoms with Crippen LogP contribution >= 0.6 is 11.3 Å². The van der Waals surface area contributed by atoms with Crippen molar-refractivity contribution >= 4 is 22.2 Å². The highest BCUT2D eigenvalue weighted by molar-refractivity contribution is 7.08. The van der Waals surface area contributed by atoms with Crippen molar-refractivity contribution in [3.05, 3.63) is 64.5 Å². The highest BCUT2D eigenvalue weighted by atomic mass is 32.1. The first kappa shape index (κ1) is 10.4. The van der Waals surface area contributed by atoms with Gasteiger partial charge in [-0.1, -0.05) is 18.2 Å². The first-order valence-corrected chi connectivity index (χ1v) is 6.42. The average Bonchev–Trinajstić information content (AvgIpc) is 2.91. The Labute approximate surface area is 104 Å². The van der Waals surface area contributed by atoms with Crippen molar-refractivity contribution in [1.82, 2.24) is 4.98 Å². The lowest BCUT2D eigenvalue weighted by Crippen LogP contribution is -2.11. The third-order valence-corrected chi connectivity index (χ3v) is 3.62. The van der Waals surface area contributed by atoms with Gasteiger partial charge in [0.05, 0.1) is 11.6 Å². The molecular formula is C14H12N2S. The number of nitrogens with zero attached hydrogens (tertiary/aromatic N) is 1. The molecule has 0 aliphatic carbocycles. The molecule has 1 aromatic carbocycles. The lowest BCUT2D eigenvalue weighted by molar-refractivity contribution is 0.884. The summed E-state index contributed by atoms with van der Waals surface area (Å²) in [5.41, 5.74) is 9.59. The Balaban J connectivity index is 2.17. The van der Waals surface area contributed by atoms with Crippen molar-refractivity contribution < 1.29 is 0 Å². The smallest absolute Gasteiger partial charge is 0.0705 e. The summed E-state index contributed by atoms with van der Waals surface area (Å²) in [6.07, 6.45) is 1.82. The van der Waals surface area contributed by atoms with Gasteiger partial charge in [0, 0.05) is 11.6 Å². The van der Waals surface area contributed by atoms with Crippen molar-refractivity contribution in [2.75, 3.05) is 0 Å². The molecule has 0 bridgehead atoms. The topological polar surface area (TPSA) is 38.9 Å². The van der Waals surface area contributed by atoms with Crippen molar-refractivity contribution in [1.29, 1.82) is 0 Å². The number of para-hydroxylation sites is 1. The maximum absolute atomic E-state index is 6.31. The van der Waals surface area contributed by atoms with Gasteiger partial charge in [0.15, 0.2) is 0 Å². The summed E-state index contributed by atoms with van der Waals surface area (Å²) in [5, 5.41) is 5.28. The van der Waals surface area contributed by atoms with Crippen molar-refractivity contribution in [3.63, 3.8) is 0 Å². The molecule has 84 valence electrons. The SMILES string of the molecule is N[C@H](c1ccsc1)c1ccnc2ccccc12. The van der Waals surface area contributed by atoms with E-state index in [1.54, 1.807) is 11.3 Å². The number of thiophene rings is 1. The van der Waals surface area contributed by atoms with E-state index in [2.05, 4.69) is 27.9 Å². The van der Waals surface area contributed by atoms with Crippen LogP contribution in [0.25, 0.3) is 10.9 Å². The standard InChI is InChI=1S/C14H12N2S/c15-14(10-6-8-17-9-10)12-5-7-16-13-4-2-1-3-11(12)13/h1-9,14H,15H2/t14-/m1/s1. The Morgan fingerprint density at radius 3 is 2.82 bits per heavy atom. The molecule has 3 aromatic rings. The van der Waals surface area contributed by atoms with Crippen LogP contribution in [-0.2, 0) is 0 Å². The molecule has 0 fully saturated rings. The molecule has 3 heteroatoms. The number of rotatable bonds is 2. The van der Waals surface area contributed by atoms with Crippen LogP contribution in [0.5, 0.6) is 0 Å². The minimum Gasteiger partial charge on any atom is -0.320 e. The molecule has 0 spiro atoms. The van der Waals surface area contributed by atoms with E-state index in [4.69, 9.17) is 5.73 Å². The summed E-state index contributed by atoms with van der Waals surface area (Å²) >= 11 is 1.67. The summed E-state index contributed by atoms with van der Waals surface area (Å²) in [5.74, 6) is 0. The summed E-state index contributed by atoms with van der Waals surface area (Å²) in [4.78, 5) is 4.35. The third-order valence-electron chi connectivity index (χ3n) is 2.92. The number of benzene rings is 1. The van der Waals surface area contributed by atoms with E-state index in [1.807, 2.05) is 30.5 Å². The Morgan fingerprint density at radius 2 is 2.00 bits per heavy atom. The highest BCUT2D eigenvalue weighted by Gasteiger charge is 2.12. The van der Waals surface area contributed by atoms with Gasteiger partial charge in [-0.2, -0.15) is 11.3 Å². The quantitative estimate of drug-likeness (QED) is 0.746. The number of aromatic nitrogens is 1. The molecule has 0 amide bonds. The van der Waals surface area contributed by atoms with Gasteiger partial charge >= 0.3 is 0 Å². The van der Waals surface area contributed by atoms with Gasteiger partial charge in [0.2, 0.25) is 0 Å². The molecule has 1 atom stereocenters. The molecule has 2 N–H and O–H groups in total. The van der Waals surface area contributed by atoms with Gasteiger partial charge in [0.25, 0.3) is 0 Å². The molecule has 0 unspecified atom stereocenters. The van der Waals surface area contributed by atoms with Crippen molar-refractivity contribution in [3.8, 4) is 0 Å². The monoisotopic (exact) mass is 240 g/mol. The number of pyridine rings is 1.